The number of aliphatic hydroxyl groups excluding tert-OH is 1. The molecular formula is C33H54O. The second kappa shape index (κ2) is 8.63. The summed E-state index contributed by atoms with van der Waals surface area (Å²) < 4.78 is 0. The summed E-state index contributed by atoms with van der Waals surface area (Å²) in [6.07, 6.45) is 25.2. The van der Waals surface area contributed by atoms with Crippen LogP contribution in [0.25, 0.3) is 0 Å². The SMILES string of the molecule is CC1C=C2CCCC(CC[C@@H](C)[C@H]3CC[C@H]4[C@@H]5CC[C@H]6C[C@@H](O)CC[C@]6(C)[C@H]5CC[C@]34C)(C2)C1. The predicted octanol–water partition coefficient (Wildman–Crippen LogP) is 8.95. The van der Waals surface area contributed by atoms with E-state index < -0.39 is 0 Å². The van der Waals surface area contributed by atoms with Crippen LogP contribution in [-0.4, -0.2) is 11.2 Å². The molecule has 0 aromatic carbocycles. The molecule has 0 saturated heterocycles. The maximum absolute atomic E-state index is 10.4. The van der Waals surface area contributed by atoms with Crippen molar-refractivity contribution in [1.82, 2.24) is 0 Å². The number of rotatable bonds is 4. The summed E-state index contributed by atoms with van der Waals surface area (Å²) in [6.45, 7) is 10.5. The van der Waals surface area contributed by atoms with Crippen LogP contribution in [0, 0.1) is 57.7 Å². The van der Waals surface area contributed by atoms with Gasteiger partial charge >= 0.3 is 0 Å². The van der Waals surface area contributed by atoms with Crippen LogP contribution in [0.2, 0.25) is 0 Å². The Bertz CT molecular complexity index is 798. The van der Waals surface area contributed by atoms with Crippen LogP contribution < -0.4 is 0 Å². The Morgan fingerprint density at radius 3 is 2.62 bits per heavy atom. The van der Waals surface area contributed by atoms with Crippen molar-refractivity contribution in [3.63, 3.8) is 0 Å². The molecule has 2 unspecified atom stereocenters. The Balaban J connectivity index is 1.14. The van der Waals surface area contributed by atoms with E-state index in [9.17, 15) is 5.11 Å². The number of aliphatic hydroxyl groups is 1. The number of hydrogen-bond donors (Lipinski definition) is 1. The highest BCUT2D eigenvalue weighted by Gasteiger charge is 2.60. The molecule has 11 atom stereocenters. The maximum Gasteiger partial charge on any atom is 0.0543 e. The molecule has 0 radical (unpaired) electrons. The van der Waals surface area contributed by atoms with Crippen molar-refractivity contribution in [2.24, 2.45) is 57.7 Å². The lowest BCUT2D eigenvalue weighted by Gasteiger charge is -2.61. The highest BCUT2D eigenvalue weighted by Crippen LogP contribution is 2.68. The van der Waals surface area contributed by atoms with Crippen LogP contribution in [0.4, 0.5) is 0 Å². The van der Waals surface area contributed by atoms with E-state index in [1.54, 1.807) is 0 Å². The average Bonchev–Trinajstić information content (AvgIpc) is 3.15. The van der Waals surface area contributed by atoms with Gasteiger partial charge in [0, 0.05) is 0 Å². The van der Waals surface area contributed by atoms with Crippen molar-refractivity contribution in [2.75, 3.05) is 0 Å². The van der Waals surface area contributed by atoms with E-state index in [1.807, 2.05) is 5.57 Å². The molecule has 5 saturated carbocycles. The molecule has 5 fully saturated rings. The second-order valence-electron chi connectivity index (χ2n) is 15.4. The van der Waals surface area contributed by atoms with Crippen molar-refractivity contribution in [3.8, 4) is 0 Å². The molecular weight excluding hydrogens is 412 g/mol. The van der Waals surface area contributed by atoms with Crippen LogP contribution in [0.3, 0.4) is 0 Å². The van der Waals surface area contributed by atoms with Gasteiger partial charge in [-0.05, 0) is 160 Å². The smallest absolute Gasteiger partial charge is 0.0543 e. The van der Waals surface area contributed by atoms with E-state index in [4.69, 9.17) is 0 Å². The molecule has 1 heteroatoms. The quantitative estimate of drug-likeness (QED) is 0.410. The molecule has 34 heavy (non-hydrogen) atoms. The molecule has 0 spiro atoms. The standard InChI is InChI=1S/C33H54O/c1-22-18-24-6-5-14-33(20-22,21-24)17-11-23(2)28-9-10-29-27-8-7-25-19-26(34)12-15-31(25,3)30(27)13-16-32(28,29)4/h18,22-23,25-30,34H,5-17,19-21H2,1-4H3/t22?,23-,25+,26+,27+,28-,29+,30+,31+,32-,33?/m1/s1. The number of hydrogen-bond acceptors (Lipinski definition) is 1. The van der Waals surface area contributed by atoms with E-state index in [2.05, 4.69) is 33.8 Å². The molecule has 0 aromatic heterocycles. The third-order valence-corrected chi connectivity index (χ3v) is 13.6. The predicted molar refractivity (Wildman–Crippen MR) is 142 cm³/mol. The molecule has 6 aliphatic carbocycles. The van der Waals surface area contributed by atoms with Gasteiger partial charge in [-0.3, -0.25) is 0 Å². The van der Waals surface area contributed by atoms with Crippen molar-refractivity contribution in [3.05, 3.63) is 11.6 Å². The fourth-order valence-electron chi connectivity index (χ4n) is 12.1. The monoisotopic (exact) mass is 466 g/mol. The van der Waals surface area contributed by atoms with Gasteiger partial charge in [0.15, 0.2) is 0 Å². The Hall–Kier alpha value is -0.300. The van der Waals surface area contributed by atoms with Gasteiger partial charge in [0.05, 0.1) is 6.10 Å². The van der Waals surface area contributed by atoms with Gasteiger partial charge in [-0.25, -0.2) is 0 Å². The zero-order chi connectivity index (χ0) is 23.7. The molecule has 2 bridgehead atoms. The molecule has 0 amide bonds. The molecule has 6 rings (SSSR count). The summed E-state index contributed by atoms with van der Waals surface area (Å²) in [5.41, 5.74) is 3.59. The van der Waals surface area contributed by atoms with Crippen LogP contribution in [0.1, 0.15) is 130 Å². The van der Waals surface area contributed by atoms with E-state index in [-0.39, 0.29) is 6.10 Å². The Morgan fingerprint density at radius 2 is 1.76 bits per heavy atom. The molecule has 1 N–H and O–H groups in total. The fraction of sp³-hybridized carbons (Fsp3) is 0.939. The summed E-state index contributed by atoms with van der Waals surface area (Å²) in [7, 11) is 0. The first-order valence-electron chi connectivity index (χ1n) is 15.6. The normalized spacial score (nSPS) is 53.3. The van der Waals surface area contributed by atoms with Crippen molar-refractivity contribution < 1.29 is 5.11 Å². The highest BCUT2D eigenvalue weighted by molar-refractivity contribution is 5.16. The maximum atomic E-state index is 10.4. The largest absolute Gasteiger partial charge is 0.393 e. The summed E-state index contributed by atoms with van der Waals surface area (Å²) in [5.74, 6) is 6.40. The second-order valence-corrected chi connectivity index (χ2v) is 15.4. The zero-order valence-corrected chi connectivity index (χ0v) is 23.0. The topological polar surface area (TPSA) is 20.2 Å². The summed E-state index contributed by atoms with van der Waals surface area (Å²) in [5, 5.41) is 10.4. The lowest BCUT2D eigenvalue weighted by molar-refractivity contribution is -0.129. The molecule has 192 valence electrons. The van der Waals surface area contributed by atoms with Gasteiger partial charge in [-0.2, -0.15) is 0 Å². The minimum Gasteiger partial charge on any atom is -0.393 e. The van der Waals surface area contributed by atoms with Crippen LogP contribution in [-0.2, 0) is 0 Å². The van der Waals surface area contributed by atoms with Gasteiger partial charge in [-0.15, -0.1) is 0 Å². The van der Waals surface area contributed by atoms with Gasteiger partial charge in [0.1, 0.15) is 0 Å². The fourth-order valence-corrected chi connectivity index (χ4v) is 12.1. The highest BCUT2D eigenvalue weighted by atomic mass is 16.3. The molecule has 0 aromatic rings. The first-order chi connectivity index (χ1) is 16.2. The first kappa shape index (κ1) is 24.1. The number of fused-ring (bicyclic) bond motifs is 7. The van der Waals surface area contributed by atoms with Gasteiger partial charge in [0.25, 0.3) is 0 Å². The first-order valence-corrected chi connectivity index (χ1v) is 15.6. The number of allylic oxidation sites excluding steroid dienone is 2. The third kappa shape index (κ3) is 3.80. The minimum atomic E-state index is -0.0115. The summed E-state index contributed by atoms with van der Waals surface area (Å²) >= 11 is 0. The zero-order valence-electron chi connectivity index (χ0n) is 23.0. The van der Waals surface area contributed by atoms with Crippen molar-refractivity contribution in [1.29, 1.82) is 0 Å². The molecule has 0 aliphatic heterocycles. The van der Waals surface area contributed by atoms with Crippen LogP contribution in [0.15, 0.2) is 11.6 Å². The third-order valence-electron chi connectivity index (χ3n) is 13.6. The summed E-state index contributed by atoms with van der Waals surface area (Å²) in [6, 6.07) is 0. The average molecular weight is 467 g/mol. The van der Waals surface area contributed by atoms with Gasteiger partial charge < -0.3 is 5.11 Å². The Morgan fingerprint density at radius 1 is 0.971 bits per heavy atom. The van der Waals surface area contributed by atoms with Gasteiger partial charge in [0.2, 0.25) is 0 Å². The lowest BCUT2D eigenvalue weighted by atomic mass is 9.44. The van der Waals surface area contributed by atoms with Crippen LogP contribution in [0.5, 0.6) is 0 Å². The van der Waals surface area contributed by atoms with E-state index in [0.29, 0.717) is 16.2 Å². The lowest BCUT2D eigenvalue weighted by Crippen LogP contribution is -2.54. The van der Waals surface area contributed by atoms with E-state index in [1.165, 1.54) is 89.9 Å². The minimum absolute atomic E-state index is 0.0115. The van der Waals surface area contributed by atoms with E-state index in [0.717, 1.165) is 54.3 Å². The Kier molecular flexibility index (Phi) is 6.11. The molecule has 6 aliphatic rings. The Labute approximate surface area is 210 Å². The summed E-state index contributed by atoms with van der Waals surface area (Å²) in [4.78, 5) is 0. The molecule has 1 nitrogen and oxygen atoms in total. The van der Waals surface area contributed by atoms with E-state index >= 15 is 0 Å². The van der Waals surface area contributed by atoms with Crippen LogP contribution >= 0.6 is 0 Å². The van der Waals surface area contributed by atoms with Gasteiger partial charge in [-0.1, -0.05) is 39.3 Å². The van der Waals surface area contributed by atoms with Crippen molar-refractivity contribution in [2.45, 2.75) is 137 Å². The molecule has 0 heterocycles. The van der Waals surface area contributed by atoms with Crippen molar-refractivity contribution >= 4 is 0 Å².